The number of benzene rings is 2. The average molecular weight is 479 g/mol. The summed E-state index contributed by atoms with van der Waals surface area (Å²) in [6, 6.07) is 10.5. The largest absolute Gasteiger partial charge is 0.483 e. The van der Waals surface area contributed by atoms with Gasteiger partial charge in [0.1, 0.15) is 24.2 Å². The van der Waals surface area contributed by atoms with Crippen LogP contribution in [0.2, 0.25) is 0 Å². The van der Waals surface area contributed by atoms with Gasteiger partial charge in [-0.15, -0.1) is 0 Å². The molecular weight excluding hydrogens is 447 g/mol. The summed E-state index contributed by atoms with van der Waals surface area (Å²) in [4.78, 5) is 16.9. The number of hydrogen-bond acceptors (Lipinski definition) is 6. The zero-order valence-electron chi connectivity index (χ0n) is 20.4. The van der Waals surface area contributed by atoms with E-state index in [9.17, 15) is 4.79 Å². The molecule has 0 aliphatic carbocycles. The van der Waals surface area contributed by atoms with E-state index in [2.05, 4.69) is 35.3 Å². The number of likely N-dealkylation sites (tertiary alicyclic amines) is 1. The van der Waals surface area contributed by atoms with Crippen molar-refractivity contribution in [1.82, 2.24) is 10.3 Å². The van der Waals surface area contributed by atoms with E-state index in [-0.39, 0.29) is 29.7 Å². The van der Waals surface area contributed by atoms with Gasteiger partial charge in [0, 0.05) is 31.1 Å². The Labute approximate surface area is 204 Å². The van der Waals surface area contributed by atoms with Crippen LogP contribution in [-0.4, -0.2) is 62.1 Å². The highest BCUT2D eigenvalue weighted by Gasteiger charge is 2.46. The van der Waals surface area contributed by atoms with Crippen molar-refractivity contribution in [3.05, 3.63) is 47.8 Å². The number of amidine groups is 1. The Hall–Kier alpha value is -2.97. The molecule has 0 aromatic heterocycles. The van der Waals surface area contributed by atoms with Gasteiger partial charge in [0.15, 0.2) is 5.84 Å². The van der Waals surface area contributed by atoms with Crippen LogP contribution in [-0.2, 0) is 9.53 Å². The number of carbonyl (C=O) groups is 1. The molecule has 184 valence electrons. The summed E-state index contributed by atoms with van der Waals surface area (Å²) >= 11 is 0. The van der Waals surface area contributed by atoms with Crippen molar-refractivity contribution in [1.29, 1.82) is 0 Å². The summed E-state index contributed by atoms with van der Waals surface area (Å²) in [6.45, 7) is 11.4. The normalized spacial score (nSPS) is 24.2. The number of nitrogens with one attached hydrogen (secondary N) is 1. The van der Waals surface area contributed by atoms with Gasteiger partial charge in [-0.3, -0.25) is 4.79 Å². The van der Waals surface area contributed by atoms with Crippen LogP contribution >= 0.6 is 0 Å². The van der Waals surface area contributed by atoms with Crippen molar-refractivity contribution in [3.63, 3.8) is 0 Å². The van der Waals surface area contributed by atoms with Crippen molar-refractivity contribution in [2.45, 2.75) is 32.7 Å². The Morgan fingerprint density at radius 1 is 1.23 bits per heavy atom. The Morgan fingerprint density at radius 2 is 2.00 bits per heavy atom. The summed E-state index contributed by atoms with van der Waals surface area (Å²) in [7, 11) is 0. The molecule has 4 heterocycles. The van der Waals surface area contributed by atoms with Crippen LogP contribution in [0, 0.1) is 17.2 Å². The van der Waals surface area contributed by atoms with Crippen molar-refractivity contribution in [2.75, 3.05) is 44.4 Å². The minimum absolute atomic E-state index is 0.0518. The van der Waals surface area contributed by atoms with Crippen molar-refractivity contribution >= 4 is 17.4 Å². The molecule has 0 saturated carbocycles. The number of hydrazone groups is 1. The van der Waals surface area contributed by atoms with Crippen molar-refractivity contribution in [2.24, 2.45) is 16.4 Å². The quantitative estimate of drug-likeness (QED) is 0.712. The van der Waals surface area contributed by atoms with E-state index >= 15 is 4.39 Å². The fraction of sp³-hybridized carbons (Fsp3) is 0.481. The van der Waals surface area contributed by atoms with Crippen LogP contribution in [0.15, 0.2) is 41.5 Å². The maximum Gasteiger partial charge on any atom is 0.262 e. The third-order valence-corrected chi connectivity index (χ3v) is 8.16. The van der Waals surface area contributed by atoms with Crippen molar-refractivity contribution < 1.29 is 18.7 Å². The van der Waals surface area contributed by atoms with Gasteiger partial charge in [-0.25, -0.2) is 9.82 Å². The minimum atomic E-state index is -0.410. The number of halogens is 1. The van der Waals surface area contributed by atoms with E-state index < -0.39 is 6.04 Å². The molecular formula is C27H31FN4O3. The molecule has 2 saturated heterocycles. The first-order valence-corrected chi connectivity index (χ1v) is 12.4. The molecule has 2 fully saturated rings. The second kappa shape index (κ2) is 8.31. The van der Waals surface area contributed by atoms with E-state index in [0.29, 0.717) is 23.1 Å². The van der Waals surface area contributed by atoms with Crippen molar-refractivity contribution in [3.8, 4) is 16.9 Å². The molecule has 0 bridgehead atoms. The first kappa shape index (κ1) is 22.5. The minimum Gasteiger partial charge on any atom is -0.483 e. The van der Waals surface area contributed by atoms with Gasteiger partial charge in [0.25, 0.3) is 5.91 Å². The number of amides is 1. The van der Waals surface area contributed by atoms with E-state index in [4.69, 9.17) is 9.47 Å². The van der Waals surface area contributed by atoms with Gasteiger partial charge in [-0.1, -0.05) is 32.0 Å². The molecule has 2 atom stereocenters. The van der Waals surface area contributed by atoms with E-state index in [1.54, 1.807) is 6.07 Å². The van der Waals surface area contributed by atoms with Gasteiger partial charge in [0.05, 0.1) is 18.9 Å². The van der Waals surface area contributed by atoms with Crippen LogP contribution in [0.25, 0.3) is 11.1 Å². The SMILES string of the molecule is C[C@@H]1C(=O)NN=C2COc3cc(-c4ccccc4F)c([C@@H](C)C4(C)CN(CC5COC5)C4)cc3N21. The van der Waals surface area contributed by atoms with E-state index in [0.717, 1.165) is 49.7 Å². The monoisotopic (exact) mass is 478 g/mol. The van der Waals surface area contributed by atoms with Crippen LogP contribution < -0.4 is 15.1 Å². The predicted molar refractivity (Wildman–Crippen MR) is 132 cm³/mol. The molecule has 4 aliphatic rings. The summed E-state index contributed by atoms with van der Waals surface area (Å²) in [5.74, 6) is 1.70. The predicted octanol–water partition coefficient (Wildman–Crippen LogP) is 3.60. The number of nitrogens with zero attached hydrogens (tertiary/aromatic N) is 3. The lowest BCUT2D eigenvalue weighted by atomic mass is 9.67. The maximum absolute atomic E-state index is 15.0. The fourth-order valence-corrected chi connectivity index (χ4v) is 5.87. The molecule has 0 spiro atoms. The Kier molecular flexibility index (Phi) is 5.34. The molecule has 4 aliphatic heterocycles. The molecule has 1 N–H and O–H groups in total. The molecule has 2 aromatic rings. The highest BCUT2D eigenvalue weighted by atomic mass is 19.1. The number of anilines is 1. The summed E-state index contributed by atoms with van der Waals surface area (Å²) in [5.41, 5.74) is 5.91. The first-order valence-electron chi connectivity index (χ1n) is 12.4. The third-order valence-electron chi connectivity index (χ3n) is 8.16. The third kappa shape index (κ3) is 3.70. The summed E-state index contributed by atoms with van der Waals surface area (Å²) in [6.07, 6.45) is 0. The van der Waals surface area contributed by atoms with Crippen LogP contribution in [0.4, 0.5) is 10.1 Å². The standard InChI is InChI=1S/C27H31FN4O3/c1-16(27(3)14-31(15-27)10-18-11-34-12-18)20-8-23-24(9-21(20)19-6-4-5-7-22(19)28)35-13-25-29-30-26(33)17(2)32(23)25/h4-9,16-18H,10-15H2,1-3H3,(H,30,33)/t16-,17-/m1/s1. The van der Waals surface area contributed by atoms with E-state index in [1.165, 1.54) is 6.07 Å². The number of hydrogen-bond donors (Lipinski definition) is 1. The fourth-order valence-electron chi connectivity index (χ4n) is 5.87. The van der Waals surface area contributed by atoms with Crippen LogP contribution in [0.1, 0.15) is 32.3 Å². The second-order valence-electron chi connectivity index (χ2n) is 10.7. The zero-order chi connectivity index (χ0) is 24.3. The van der Waals surface area contributed by atoms with E-state index in [1.807, 2.05) is 30.0 Å². The lowest BCUT2D eigenvalue weighted by Crippen LogP contribution is -2.59. The lowest BCUT2D eigenvalue weighted by molar-refractivity contribution is -0.122. The molecule has 1 amide bonds. The summed E-state index contributed by atoms with van der Waals surface area (Å²) < 4.78 is 26.4. The van der Waals surface area contributed by atoms with Gasteiger partial charge < -0.3 is 19.3 Å². The molecule has 8 heteroatoms. The average Bonchev–Trinajstić information content (AvgIpc) is 2.81. The molecule has 6 rings (SSSR count). The molecule has 7 nitrogen and oxygen atoms in total. The maximum atomic E-state index is 15.0. The first-order chi connectivity index (χ1) is 16.8. The molecule has 0 radical (unpaired) electrons. The lowest BCUT2D eigenvalue weighted by Gasteiger charge is -2.53. The van der Waals surface area contributed by atoms with Gasteiger partial charge in [-0.2, -0.15) is 5.10 Å². The zero-order valence-corrected chi connectivity index (χ0v) is 20.4. The number of carbonyl (C=O) groups excluding carboxylic acids is 1. The molecule has 2 aromatic carbocycles. The Balaban J connectivity index is 1.41. The Morgan fingerprint density at radius 3 is 2.71 bits per heavy atom. The van der Waals surface area contributed by atoms with Gasteiger partial charge in [-0.05, 0) is 47.6 Å². The highest BCUT2D eigenvalue weighted by molar-refractivity contribution is 6.09. The van der Waals surface area contributed by atoms with Gasteiger partial charge in [0.2, 0.25) is 0 Å². The van der Waals surface area contributed by atoms with Gasteiger partial charge >= 0.3 is 0 Å². The topological polar surface area (TPSA) is 66.4 Å². The summed E-state index contributed by atoms with van der Waals surface area (Å²) in [5, 5.41) is 4.22. The second-order valence-corrected chi connectivity index (χ2v) is 10.7. The Bertz CT molecular complexity index is 1200. The molecule has 0 unspecified atom stereocenters. The number of rotatable bonds is 5. The number of ether oxygens (including phenoxy) is 2. The smallest absolute Gasteiger partial charge is 0.262 e. The van der Waals surface area contributed by atoms with Crippen LogP contribution in [0.5, 0.6) is 5.75 Å². The highest BCUT2D eigenvalue weighted by Crippen LogP contribution is 2.50. The van der Waals surface area contributed by atoms with Crippen LogP contribution in [0.3, 0.4) is 0 Å². The number of fused-ring (bicyclic) bond motifs is 3. The molecule has 35 heavy (non-hydrogen) atoms.